The number of thioether (sulfide) groups is 1. The zero-order valence-electron chi connectivity index (χ0n) is 15.3. The van der Waals surface area contributed by atoms with Crippen LogP contribution in [0.2, 0.25) is 0 Å². The average molecular weight is 392 g/mol. The molecule has 8 heteroatoms. The van der Waals surface area contributed by atoms with E-state index in [4.69, 9.17) is 4.74 Å². The molecule has 0 aliphatic rings. The second-order valence-corrected chi connectivity index (χ2v) is 6.64. The van der Waals surface area contributed by atoms with Gasteiger partial charge in [-0.3, -0.25) is 4.79 Å². The van der Waals surface area contributed by atoms with Crippen LogP contribution in [0.5, 0.6) is 5.75 Å². The van der Waals surface area contributed by atoms with Crippen LogP contribution >= 0.6 is 11.8 Å². The number of halogens is 1. The zero-order chi connectivity index (χ0) is 20.0. The van der Waals surface area contributed by atoms with Crippen molar-refractivity contribution in [2.75, 3.05) is 31.8 Å². The Morgan fingerprint density at radius 1 is 1.15 bits per heavy atom. The van der Waals surface area contributed by atoms with Gasteiger partial charge >= 0.3 is 5.97 Å². The number of aldehydes is 1. The average Bonchev–Trinajstić information content (AvgIpc) is 2.67. The van der Waals surface area contributed by atoms with Crippen molar-refractivity contribution in [3.05, 3.63) is 52.3 Å². The number of carboxylic acid groups (broad SMARTS) is 1. The molecule has 0 amide bonds. The summed E-state index contributed by atoms with van der Waals surface area (Å²) in [6, 6.07) is 6.04. The summed E-state index contributed by atoms with van der Waals surface area (Å²) in [7, 11) is 4.80. The molecule has 6 nitrogen and oxygen atoms in total. The van der Waals surface area contributed by atoms with E-state index < -0.39 is 11.8 Å². The van der Waals surface area contributed by atoms with E-state index in [2.05, 4.69) is 10.6 Å². The third-order valence-electron chi connectivity index (χ3n) is 4.05. The Balaban J connectivity index is 2.20. The van der Waals surface area contributed by atoms with E-state index >= 15 is 0 Å². The van der Waals surface area contributed by atoms with Crippen molar-refractivity contribution in [1.82, 2.24) is 0 Å². The fourth-order valence-electron chi connectivity index (χ4n) is 2.64. The van der Waals surface area contributed by atoms with Gasteiger partial charge in [-0.05, 0) is 29.8 Å². The first kappa shape index (κ1) is 20.6. The molecule has 0 heterocycles. The van der Waals surface area contributed by atoms with E-state index in [1.54, 1.807) is 26.2 Å². The molecule has 2 aromatic rings. The molecular formula is C19H21FN2O4S. The lowest BCUT2D eigenvalue weighted by Crippen LogP contribution is -2.05. The Hall–Kier alpha value is -2.74. The molecular weight excluding hydrogens is 371 g/mol. The van der Waals surface area contributed by atoms with Gasteiger partial charge < -0.3 is 20.5 Å². The normalized spacial score (nSPS) is 10.4. The molecule has 0 unspecified atom stereocenters. The molecule has 0 atom stereocenters. The molecule has 0 aliphatic heterocycles. The topological polar surface area (TPSA) is 87.7 Å². The van der Waals surface area contributed by atoms with Crippen LogP contribution in [0.25, 0.3) is 0 Å². The Bertz CT molecular complexity index is 858. The van der Waals surface area contributed by atoms with Crippen LogP contribution < -0.4 is 15.4 Å². The second-order valence-electron chi connectivity index (χ2n) is 5.66. The van der Waals surface area contributed by atoms with Crippen LogP contribution in [0.4, 0.5) is 15.8 Å². The summed E-state index contributed by atoms with van der Waals surface area (Å²) >= 11 is 1.46. The smallest absolute Gasteiger partial charge is 0.337 e. The van der Waals surface area contributed by atoms with Crippen molar-refractivity contribution in [3.8, 4) is 5.75 Å². The fourth-order valence-corrected chi connectivity index (χ4v) is 3.63. The molecule has 2 aromatic carbocycles. The highest BCUT2D eigenvalue weighted by molar-refractivity contribution is 7.97. The van der Waals surface area contributed by atoms with Crippen LogP contribution in [0.15, 0.2) is 24.3 Å². The number of carboxylic acids is 1. The van der Waals surface area contributed by atoms with Gasteiger partial charge in [0.15, 0.2) is 6.29 Å². The summed E-state index contributed by atoms with van der Waals surface area (Å²) in [5.41, 5.74) is 2.73. The standard InChI is InChI=1S/C19H21FN2O4S/c1-21-16-5-12(15(20)4-11(16)8-23)9-27-10-13-6-17(22-2)14(19(24)25)7-18(13)26-3/h4-8,21-22H,9-10H2,1-3H3,(H,24,25). The minimum absolute atomic E-state index is 0.122. The zero-order valence-corrected chi connectivity index (χ0v) is 16.1. The van der Waals surface area contributed by atoms with Gasteiger partial charge in [0.25, 0.3) is 0 Å². The van der Waals surface area contributed by atoms with Crippen molar-refractivity contribution < 1.29 is 23.8 Å². The summed E-state index contributed by atoms with van der Waals surface area (Å²) in [6.07, 6.45) is 0.611. The highest BCUT2D eigenvalue weighted by Crippen LogP contribution is 2.32. The maximum atomic E-state index is 14.2. The van der Waals surface area contributed by atoms with Crippen molar-refractivity contribution in [2.24, 2.45) is 0 Å². The number of anilines is 2. The van der Waals surface area contributed by atoms with Gasteiger partial charge in [-0.2, -0.15) is 11.8 Å². The molecule has 27 heavy (non-hydrogen) atoms. The van der Waals surface area contributed by atoms with Gasteiger partial charge in [0.05, 0.1) is 12.7 Å². The summed E-state index contributed by atoms with van der Waals surface area (Å²) in [6.45, 7) is 0. The maximum Gasteiger partial charge on any atom is 0.337 e. The number of methoxy groups -OCH3 is 1. The van der Waals surface area contributed by atoms with Gasteiger partial charge in [-0.1, -0.05) is 0 Å². The monoisotopic (exact) mass is 392 g/mol. The summed E-state index contributed by atoms with van der Waals surface area (Å²) in [4.78, 5) is 22.3. The molecule has 0 fully saturated rings. The minimum Gasteiger partial charge on any atom is -0.496 e. The number of aromatic carboxylic acids is 1. The van der Waals surface area contributed by atoms with Gasteiger partial charge in [0.1, 0.15) is 11.6 Å². The van der Waals surface area contributed by atoms with Crippen molar-refractivity contribution >= 4 is 35.4 Å². The van der Waals surface area contributed by atoms with E-state index in [1.165, 1.54) is 31.0 Å². The van der Waals surface area contributed by atoms with Crippen molar-refractivity contribution in [1.29, 1.82) is 0 Å². The van der Waals surface area contributed by atoms with Gasteiger partial charge in [0, 0.05) is 48.1 Å². The number of rotatable bonds is 9. The van der Waals surface area contributed by atoms with Crippen molar-refractivity contribution in [2.45, 2.75) is 11.5 Å². The number of carbonyl (C=O) groups is 2. The predicted molar refractivity (Wildman–Crippen MR) is 106 cm³/mol. The van der Waals surface area contributed by atoms with E-state index in [1.807, 2.05) is 0 Å². The first-order valence-corrected chi connectivity index (χ1v) is 9.25. The summed E-state index contributed by atoms with van der Waals surface area (Å²) in [5.74, 6) is -0.132. The van der Waals surface area contributed by atoms with Crippen LogP contribution in [-0.2, 0) is 11.5 Å². The lowest BCUT2D eigenvalue weighted by atomic mass is 10.1. The first-order valence-electron chi connectivity index (χ1n) is 8.10. The third kappa shape index (κ3) is 4.71. The van der Waals surface area contributed by atoms with Crippen molar-refractivity contribution in [3.63, 3.8) is 0 Å². The third-order valence-corrected chi connectivity index (χ3v) is 5.08. The number of hydrogen-bond acceptors (Lipinski definition) is 6. The van der Waals surface area contributed by atoms with E-state index in [0.717, 1.165) is 5.56 Å². The molecule has 0 saturated carbocycles. The number of benzene rings is 2. The highest BCUT2D eigenvalue weighted by Gasteiger charge is 2.15. The molecule has 2 rings (SSSR count). The molecule has 0 radical (unpaired) electrons. The van der Waals surface area contributed by atoms with Crippen LogP contribution in [-0.4, -0.2) is 38.6 Å². The molecule has 0 aliphatic carbocycles. The van der Waals surface area contributed by atoms with Crippen LogP contribution in [0, 0.1) is 5.82 Å². The SMILES string of the molecule is CNc1cc(CSCc2cc(NC)c(C(=O)O)cc2OC)c(F)cc1C=O. The molecule has 0 aromatic heterocycles. The largest absolute Gasteiger partial charge is 0.496 e. The van der Waals surface area contributed by atoms with Crippen LogP contribution in [0.3, 0.4) is 0 Å². The van der Waals surface area contributed by atoms with Gasteiger partial charge in [-0.25, -0.2) is 9.18 Å². The number of ether oxygens (including phenoxy) is 1. The minimum atomic E-state index is -1.05. The molecule has 0 bridgehead atoms. The Labute approximate surface area is 161 Å². The predicted octanol–water partition coefficient (Wildman–Crippen LogP) is 3.86. The molecule has 3 N–H and O–H groups in total. The van der Waals surface area contributed by atoms with E-state index in [-0.39, 0.29) is 11.1 Å². The van der Waals surface area contributed by atoms with E-state index in [0.29, 0.717) is 40.5 Å². The van der Waals surface area contributed by atoms with Gasteiger partial charge in [-0.15, -0.1) is 0 Å². The number of nitrogens with one attached hydrogen (secondary N) is 2. The number of hydrogen-bond donors (Lipinski definition) is 3. The Morgan fingerprint density at radius 3 is 2.33 bits per heavy atom. The quantitative estimate of drug-likeness (QED) is 0.559. The lowest BCUT2D eigenvalue weighted by Gasteiger charge is -2.14. The summed E-state index contributed by atoms with van der Waals surface area (Å²) < 4.78 is 19.5. The molecule has 144 valence electrons. The molecule has 0 spiro atoms. The lowest BCUT2D eigenvalue weighted by molar-refractivity contribution is 0.0697. The molecule has 0 saturated heterocycles. The first-order chi connectivity index (χ1) is 12.9. The van der Waals surface area contributed by atoms with Crippen LogP contribution in [0.1, 0.15) is 31.8 Å². The highest BCUT2D eigenvalue weighted by atomic mass is 32.2. The maximum absolute atomic E-state index is 14.2. The fraction of sp³-hybridized carbons (Fsp3) is 0.263. The number of carbonyl (C=O) groups excluding carboxylic acids is 1. The Kier molecular flexibility index (Phi) is 7.06. The summed E-state index contributed by atoms with van der Waals surface area (Å²) in [5, 5.41) is 15.0. The Morgan fingerprint density at radius 2 is 1.78 bits per heavy atom. The van der Waals surface area contributed by atoms with Gasteiger partial charge in [0.2, 0.25) is 0 Å². The second kappa shape index (κ2) is 9.27. The van der Waals surface area contributed by atoms with E-state index in [9.17, 15) is 19.1 Å².